The molecule has 0 aliphatic carbocycles. The molecule has 4 rings (SSSR count). The second kappa shape index (κ2) is 6.90. The van der Waals surface area contributed by atoms with Crippen LogP contribution in [0.1, 0.15) is 10.5 Å². The van der Waals surface area contributed by atoms with Crippen LogP contribution in [-0.4, -0.2) is 46.5 Å². The van der Waals surface area contributed by atoms with E-state index in [0.29, 0.717) is 18.8 Å². The molecule has 3 aromatic rings. The molecule has 1 aliphatic rings. The Bertz CT molecular complexity index is 852. The van der Waals surface area contributed by atoms with Crippen molar-refractivity contribution in [2.75, 3.05) is 31.1 Å². The minimum atomic E-state index is 0.00501. The van der Waals surface area contributed by atoms with Crippen LogP contribution in [0.5, 0.6) is 0 Å². The molecular formula is C18H17ClN4OS. The van der Waals surface area contributed by atoms with E-state index in [9.17, 15) is 4.79 Å². The van der Waals surface area contributed by atoms with Gasteiger partial charge in [0.25, 0.3) is 5.91 Å². The third kappa shape index (κ3) is 3.41. The summed E-state index contributed by atoms with van der Waals surface area (Å²) in [6, 6.07) is 11.7. The Morgan fingerprint density at radius 3 is 2.40 bits per heavy atom. The van der Waals surface area contributed by atoms with Gasteiger partial charge in [-0.1, -0.05) is 11.6 Å². The number of amides is 1. The molecule has 0 N–H and O–H groups in total. The van der Waals surface area contributed by atoms with Crippen molar-refractivity contribution in [2.24, 2.45) is 0 Å². The minimum Gasteiger partial charge on any atom is -0.368 e. The summed E-state index contributed by atoms with van der Waals surface area (Å²) in [5.74, 6) is 0.00501. The van der Waals surface area contributed by atoms with Crippen LogP contribution in [0.2, 0.25) is 5.02 Å². The molecule has 0 unspecified atom stereocenters. The molecule has 128 valence electrons. The zero-order valence-corrected chi connectivity index (χ0v) is 15.1. The highest BCUT2D eigenvalue weighted by Gasteiger charge is 2.24. The molecule has 2 aromatic heterocycles. The number of carbonyl (C=O) groups excluding carboxylic acids is 1. The quantitative estimate of drug-likeness (QED) is 0.706. The Morgan fingerprint density at radius 2 is 1.72 bits per heavy atom. The predicted molar refractivity (Wildman–Crippen MR) is 101 cm³/mol. The number of hydrogen-bond donors (Lipinski definition) is 0. The second-order valence-electron chi connectivity index (χ2n) is 5.86. The molecule has 1 aromatic carbocycles. The summed E-state index contributed by atoms with van der Waals surface area (Å²) in [4.78, 5) is 21.3. The van der Waals surface area contributed by atoms with Crippen molar-refractivity contribution < 1.29 is 4.79 Å². The van der Waals surface area contributed by atoms with Gasteiger partial charge < -0.3 is 14.4 Å². The number of anilines is 1. The first-order valence-electron chi connectivity index (χ1n) is 8.09. The summed E-state index contributed by atoms with van der Waals surface area (Å²) in [5.41, 5.74) is 1.66. The van der Waals surface area contributed by atoms with Crippen LogP contribution < -0.4 is 4.90 Å². The Morgan fingerprint density at radius 1 is 1.04 bits per heavy atom. The molecule has 1 saturated heterocycles. The molecule has 0 atom stereocenters. The zero-order valence-electron chi connectivity index (χ0n) is 13.5. The number of piperazine rings is 1. The van der Waals surface area contributed by atoms with Crippen molar-refractivity contribution in [3.63, 3.8) is 0 Å². The topological polar surface area (TPSA) is 41.4 Å². The van der Waals surface area contributed by atoms with Crippen molar-refractivity contribution in [1.82, 2.24) is 14.5 Å². The van der Waals surface area contributed by atoms with E-state index in [4.69, 9.17) is 11.6 Å². The van der Waals surface area contributed by atoms with Crippen molar-refractivity contribution in [3.05, 3.63) is 64.9 Å². The highest BCUT2D eigenvalue weighted by atomic mass is 35.5. The maximum atomic E-state index is 12.7. The van der Waals surface area contributed by atoms with Crippen LogP contribution in [0.4, 0.5) is 5.69 Å². The van der Waals surface area contributed by atoms with Crippen LogP contribution in [0.3, 0.4) is 0 Å². The molecule has 0 bridgehead atoms. The van der Waals surface area contributed by atoms with Crippen molar-refractivity contribution >= 4 is 34.5 Å². The first-order chi connectivity index (χ1) is 12.2. The summed E-state index contributed by atoms with van der Waals surface area (Å²) in [5, 5.41) is 3.39. The molecular weight excluding hydrogens is 356 g/mol. The number of halogens is 1. The molecule has 0 radical (unpaired) electrons. The summed E-state index contributed by atoms with van der Waals surface area (Å²) in [7, 11) is 0. The number of hydrogen-bond acceptors (Lipinski definition) is 4. The molecule has 5 nitrogen and oxygen atoms in total. The Hall–Kier alpha value is -2.31. The van der Waals surface area contributed by atoms with Crippen LogP contribution in [0.15, 0.2) is 54.2 Å². The number of benzene rings is 1. The maximum absolute atomic E-state index is 12.7. The summed E-state index contributed by atoms with van der Waals surface area (Å²) < 4.78 is 1.92. The maximum Gasteiger partial charge on any atom is 0.273 e. The van der Waals surface area contributed by atoms with Crippen LogP contribution >= 0.6 is 22.9 Å². The SMILES string of the molecule is O=C(c1csc(-n2cccc2)n1)N1CCN(c2ccc(Cl)cc2)CC1. The lowest BCUT2D eigenvalue weighted by Crippen LogP contribution is -2.48. The fourth-order valence-electron chi connectivity index (χ4n) is 2.92. The molecule has 25 heavy (non-hydrogen) atoms. The zero-order chi connectivity index (χ0) is 17.2. The van der Waals surface area contributed by atoms with Gasteiger partial charge in [-0.25, -0.2) is 4.98 Å². The van der Waals surface area contributed by atoms with Crippen LogP contribution in [0.25, 0.3) is 5.13 Å². The largest absolute Gasteiger partial charge is 0.368 e. The Kier molecular flexibility index (Phi) is 4.46. The van der Waals surface area contributed by atoms with Gasteiger partial charge in [-0.05, 0) is 36.4 Å². The second-order valence-corrected chi connectivity index (χ2v) is 7.13. The van der Waals surface area contributed by atoms with Gasteiger partial charge >= 0.3 is 0 Å². The van der Waals surface area contributed by atoms with Gasteiger partial charge in [0.2, 0.25) is 0 Å². The van der Waals surface area contributed by atoms with Crippen LogP contribution in [-0.2, 0) is 0 Å². The summed E-state index contributed by atoms with van der Waals surface area (Å²) >= 11 is 7.42. The third-order valence-corrected chi connectivity index (χ3v) is 5.40. The van der Waals surface area contributed by atoms with Gasteiger partial charge in [0.1, 0.15) is 5.69 Å². The van der Waals surface area contributed by atoms with E-state index in [1.807, 2.05) is 63.6 Å². The molecule has 0 spiro atoms. The summed E-state index contributed by atoms with van der Waals surface area (Å²) in [6.07, 6.45) is 3.86. The van der Waals surface area contributed by atoms with Gasteiger partial charge in [-0.3, -0.25) is 4.79 Å². The van der Waals surface area contributed by atoms with E-state index >= 15 is 0 Å². The molecule has 1 fully saturated rings. The number of nitrogens with zero attached hydrogens (tertiary/aromatic N) is 4. The minimum absolute atomic E-state index is 0.00501. The Labute approximate surface area is 155 Å². The van der Waals surface area contributed by atoms with Crippen molar-refractivity contribution in [3.8, 4) is 5.13 Å². The molecule has 0 saturated carbocycles. The van der Waals surface area contributed by atoms with E-state index in [-0.39, 0.29) is 5.91 Å². The number of aromatic nitrogens is 2. The first-order valence-corrected chi connectivity index (χ1v) is 9.35. The fraction of sp³-hybridized carbons (Fsp3) is 0.222. The molecule has 7 heteroatoms. The standard InChI is InChI=1S/C18H17ClN4OS/c19-14-3-5-15(6-4-14)21-9-11-22(12-10-21)17(24)16-13-25-18(20-16)23-7-1-2-8-23/h1-8,13H,9-12H2. The number of rotatable bonds is 3. The Balaban J connectivity index is 1.40. The number of carbonyl (C=O) groups is 1. The average molecular weight is 373 g/mol. The van der Waals surface area contributed by atoms with E-state index < -0.39 is 0 Å². The van der Waals surface area contributed by atoms with E-state index in [1.165, 1.54) is 11.3 Å². The van der Waals surface area contributed by atoms with Crippen molar-refractivity contribution in [1.29, 1.82) is 0 Å². The smallest absolute Gasteiger partial charge is 0.273 e. The molecule has 1 amide bonds. The lowest BCUT2D eigenvalue weighted by atomic mass is 10.2. The lowest BCUT2D eigenvalue weighted by molar-refractivity contribution is 0.0741. The van der Waals surface area contributed by atoms with Gasteiger partial charge in [0, 0.05) is 54.7 Å². The van der Waals surface area contributed by atoms with E-state index in [0.717, 1.165) is 28.9 Å². The van der Waals surface area contributed by atoms with E-state index in [1.54, 1.807) is 0 Å². The average Bonchev–Trinajstić information content (AvgIpc) is 3.33. The normalized spacial score (nSPS) is 14.8. The fourth-order valence-corrected chi connectivity index (χ4v) is 3.82. The monoisotopic (exact) mass is 372 g/mol. The molecule has 3 heterocycles. The van der Waals surface area contributed by atoms with E-state index in [2.05, 4.69) is 9.88 Å². The van der Waals surface area contributed by atoms with Crippen LogP contribution in [0, 0.1) is 0 Å². The van der Waals surface area contributed by atoms with Gasteiger partial charge in [0.15, 0.2) is 5.13 Å². The van der Waals surface area contributed by atoms with Crippen molar-refractivity contribution in [2.45, 2.75) is 0 Å². The predicted octanol–water partition coefficient (Wildman–Crippen LogP) is 3.55. The summed E-state index contributed by atoms with van der Waals surface area (Å²) in [6.45, 7) is 3.00. The molecule has 1 aliphatic heterocycles. The first kappa shape index (κ1) is 16.2. The highest BCUT2D eigenvalue weighted by molar-refractivity contribution is 7.12. The lowest BCUT2D eigenvalue weighted by Gasteiger charge is -2.35. The third-order valence-electron chi connectivity index (χ3n) is 4.30. The van der Waals surface area contributed by atoms with Gasteiger partial charge in [-0.2, -0.15) is 0 Å². The number of thiazole rings is 1. The van der Waals surface area contributed by atoms with Gasteiger partial charge in [-0.15, -0.1) is 11.3 Å². The van der Waals surface area contributed by atoms with Gasteiger partial charge in [0.05, 0.1) is 0 Å². The highest BCUT2D eigenvalue weighted by Crippen LogP contribution is 2.21.